The van der Waals surface area contributed by atoms with Crippen molar-refractivity contribution in [3.63, 3.8) is 0 Å². The first kappa shape index (κ1) is 16.5. The molecule has 0 spiro atoms. The Labute approximate surface area is 154 Å². The zero-order valence-corrected chi connectivity index (χ0v) is 15.1. The number of rotatable bonds is 4. The summed E-state index contributed by atoms with van der Waals surface area (Å²) in [6, 6.07) is 20.8. The van der Waals surface area contributed by atoms with Crippen LogP contribution in [-0.4, -0.2) is 10.9 Å². The van der Waals surface area contributed by atoms with E-state index < -0.39 is 0 Å². The van der Waals surface area contributed by atoms with Gasteiger partial charge in [0.1, 0.15) is 0 Å². The third-order valence-electron chi connectivity index (χ3n) is 5.36. The van der Waals surface area contributed by atoms with Crippen LogP contribution in [0.4, 0.5) is 5.69 Å². The minimum absolute atomic E-state index is 0.0670. The van der Waals surface area contributed by atoms with Crippen molar-refractivity contribution in [3.8, 4) is 0 Å². The van der Waals surface area contributed by atoms with Crippen LogP contribution in [-0.2, 0) is 10.2 Å². The Hall–Kier alpha value is -2.94. The molecule has 1 fully saturated rings. The molecule has 1 aliphatic carbocycles. The second-order valence-corrected chi connectivity index (χ2v) is 7.19. The maximum Gasteiger partial charge on any atom is 0.228 e. The molecule has 3 aromatic rings. The lowest BCUT2D eigenvalue weighted by molar-refractivity contribution is -0.117. The monoisotopic (exact) mass is 342 g/mol. The van der Waals surface area contributed by atoms with Crippen LogP contribution in [0.3, 0.4) is 0 Å². The maximum absolute atomic E-state index is 12.9. The van der Waals surface area contributed by atoms with Crippen LogP contribution >= 0.6 is 0 Å². The fraction of sp³-hybridized carbons (Fsp3) is 0.217. The molecule has 3 heteroatoms. The van der Waals surface area contributed by atoms with Gasteiger partial charge in [-0.1, -0.05) is 59.7 Å². The number of aryl methyl sites for hydroxylation is 2. The molecule has 2 aromatic carbocycles. The first-order valence-electron chi connectivity index (χ1n) is 8.95. The summed E-state index contributed by atoms with van der Waals surface area (Å²) < 4.78 is 0. The summed E-state index contributed by atoms with van der Waals surface area (Å²) in [7, 11) is 0. The van der Waals surface area contributed by atoms with Gasteiger partial charge in [0.2, 0.25) is 5.91 Å². The Morgan fingerprint density at radius 2 is 1.38 bits per heavy atom. The number of nitrogens with zero attached hydrogens (tertiary/aromatic N) is 1. The van der Waals surface area contributed by atoms with Gasteiger partial charge in [-0.3, -0.25) is 9.78 Å². The predicted octanol–water partition coefficient (Wildman–Crippen LogP) is 4.64. The lowest BCUT2D eigenvalue weighted by Gasteiger charge is -2.19. The number of amides is 1. The lowest BCUT2D eigenvalue weighted by Crippen LogP contribution is -2.22. The summed E-state index contributed by atoms with van der Waals surface area (Å²) in [5.74, 6) is -0.00146. The molecule has 1 atom stereocenters. The van der Waals surface area contributed by atoms with Crippen LogP contribution < -0.4 is 5.32 Å². The quantitative estimate of drug-likeness (QED) is 0.750. The third-order valence-corrected chi connectivity index (χ3v) is 5.36. The molecule has 130 valence electrons. The number of hydrogen-bond acceptors (Lipinski definition) is 2. The van der Waals surface area contributed by atoms with Crippen molar-refractivity contribution in [2.45, 2.75) is 25.7 Å². The molecule has 1 aliphatic rings. The molecule has 1 N–H and O–H groups in total. The Bertz CT molecular complexity index is 869. The molecule has 3 nitrogen and oxygen atoms in total. The topological polar surface area (TPSA) is 42.0 Å². The van der Waals surface area contributed by atoms with Crippen LogP contribution in [0.2, 0.25) is 0 Å². The molecule has 26 heavy (non-hydrogen) atoms. The largest absolute Gasteiger partial charge is 0.326 e. The minimum Gasteiger partial charge on any atom is -0.326 e. The normalized spacial score (nSPS) is 17.5. The van der Waals surface area contributed by atoms with E-state index in [4.69, 9.17) is 0 Å². The van der Waals surface area contributed by atoms with Gasteiger partial charge in [0, 0.05) is 23.5 Å². The Kier molecular flexibility index (Phi) is 4.08. The van der Waals surface area contributed by atoms with Gasteiger partial charge in [0.25, 0.3) is 0 Å². The molecule has 0 bridgehead atoms. The summed E-state index contributed by atoms with van der Waals surface area (Å²) in [4.78, 5) is 16.9. The first-order valence-corrected chi connectivity index (χ1v) is 8.95. The fourth-order valence-electron chi connectivity index (χ4n) is 3.75. The Morgan fingerprint density at radius 1 is 0.885 bits per heavy atom. The second kappa shape index (κ2) is 6.41. The van der Waals surface area contributed by atoms with Gasteiger partial charge in [0.05, 0.1) is 5.92 Å². The standard InChI is InChI=1S/C23H22N2O/c1-16-3-7-18(8-4-16)23(19-9-5-17(2)6-10-19)15-21(23)22(26)25-20-11-13-24-14-12-20/h3-14,21H,15H2,1-2H3,(H,24,25,26)/t21-/m1/s1. The number of anilines is 1. The van der Waals surface area contributed by atoms with Crippen LogP contribution in [0, 0.1) is 19.8 Å². The third kappa shape index (κ3) is 2.90. The van der Waals surface area contributed by atoms with Crippen molar-refractivity contribution < 1.29 is 4.79 Å². The number of pyridine rings is 1. The maximum atomic E-state index is 12.9. The van der Waals surface area contributed by atoms with E-state index in [9.17, 15) is 4.79 Å². The average molecular weight is 342 g/mol. The van der Waals surface area contributed by atoms with Crippen molar-refractivity contribution in [2.24, 2.45) is 5.92 Å². The molecule has 1 saturated carbocycles. The average Bonchev–Trinajstić information content (AvgIpc) is 3.41. The summed E-state index contributed by atoms with van der Waals surface area (Å²) in [5, 5.41) is 3.04. The van der Waals surface area contributed by atoms with Gasteiger partial charge < -0.3 is 5.32 Å². The van der Waals surface area contributed by atoms with Crippen LogP contribution in [0.1, 0.15) is 28.7 Å². The zero-order chi connectivity index (χ0) is 18.1. The number of hydrogen-bond donors (Lipinski definition) is 1. The van der Waals surface area contributed by atoms with E-state index in [0.29, 0.717) is 0 Å². The highest BCUT2D eigenvalue weighted by atomic mass is 16.2. The van der Waals surface area contributed by atoms with Gasteiger partial charge in [0.15, 0.2) is 0 Å². The van der Waals surface area contributed by atoms with E-state index in [-0.39, 0.29) is 17.2 Å². The highest BCUT2D eigenvalue weighted by Crippen LogP contribution is 2.59. The number of carbonyl (C=O) groups is 1. The van der Waals surface area contributed by atoms with E-state index in [2.05, 4.69) is 72.7 Å². The molecule has 0 radical (unpaired) electrons. The number of benzene rings is 2. The molecular weight excluding hydrogens is 320 g/mol. The van der Waals surface area contributed by atoms with Gasteiger partial charge >= 0.3 is 0 Å². The molecule has 4 rings (SSSR count). The van der Waals surface area contributed by atoms with Crippen LogP contribution in [0.5, 0.6) is 0 Å². The highest BCUT2D eigenvalue weighted by molar-refractivity contribution is 5.97. The van der Waals surface area contributed by atoms with Crippen LogP contribution in [0.15, 0.2) is 73.1 Å². The molecule has 0 unspecified atom stereocenters. The van der Waals surface area contributed by atoms with E-state index in [1.807, 2.05) is 12.1 Å². The van der Waals surface area contributed by atoms with Crippen molar-refractivity contribution in [1.82, 2.24) is 4.98 Å². The molecular formula is C23H22N2O. The SMILES string of the molecule is Cc1ccc(C2(c3ccc(C)cc3)C[C@@H]2C(=O)Nc2ccncc2)cc1. The number of carbonyl (C=O) groups excluding carboxylic acids is 1. The first-order chi connectivity index (χ1) is 12.6. The number of aromatic nitrogens is 1. The van der Waals surface area contributed by atoms with E-state index in [0.717, 1.165) is 12.1 Å². The summed E-state index contributed by atoms with van der Waals surface area (Å²) in [6.07, 6.45) is 4.21. The van der Waals surface area contributed by atoms with Crippen molar-refractivity contribution >= 4 is 11.6 Å². The minimum atomic E-state index is -0.238. The smallest absolute Gasteiger partial charge is 0.228 e. The van der Waals surface area contributed by atoms with E-state index >= 15 is 0 Å². The second-order valence-electron chi connectivity index (χ2n) is 7.19. The van der Waals surface area contributed by atoms with E-state index in [1.54, 1.807) is 12.4 Å². The van der Waals surface area contributed by atoms with Gasteiger partial charge in [-0.2, -0.15) is 0 Å². The predicted molar refractivity (Wildman–Crippen MR) is 104 cm³/mol. The molecule has 1 heterocycles. The molecule has 1 aromatic heterocycles. The van der Waals surface area contributed by atoms with Crippen molar-refractivity contribution in [3.05, 3.63) is 95.3 Å². The summed E-state index contributed by atoms with van der Waals surface area (Å²) in [6.45, 7) is 4.17. The van der Waals surface area contributed by atoms with Gasteiger partial charge in [-0.05, 0) is 43.5 Å². The highest BCUT2D eigenvalue weighted by Gasteiger charge is 2.60. The van der Waals surface area contributed by atoms with E-state index in [1.165, 1.54) is 22.3 Å². The van der Waals surface area contributed by atoms with Crippen molar-refractivity contribution in [2.75, 3.05) is 5.32 Å². The summed E-state index contributed by atoms with van der Waals surface area (Å²) in [5.41, 5.74) is 5.43. The van der Waals surface area contributed by atoms with Crippen LogP contribution in [0.25, 0.3) is 0 Å². The van der Waals surface area contributed by atoms with Gasteiger partial charge in [-0.15, -0.1) is 0 Å². The summed E-state index contributed by atoms with van der Waals surface area (Å²) >= 11 is 0. The fourth-order valence-corrected chi connectivity index (χ4v) is 3.75. The van der Waals surface area contributed by atoms with Gasteiger partial charge in [-0.25, -0.2) is 0 Å². The Balaban J connectivity index is 1.68. The number of nitrogens with one attached hydrogen (secondary N) is 1. The lowest BCUT2D eigenvalue weighted by atomic mass is 9.85. The van der Waals surface area contributed by atoms with Crippen molar-refractivity contribution in [1.29, 1.82) is 0 Å². The Morgan fingerprint density at radius 3 is 1.88 bits per heavy atom. The molecule has 0 saturated heterocycles. The molecule has 1 amide bonds. The molecule has 0 aliphatic heterocycles. The zero-order valence-electron chi connectivity index (χ0n) is 15.1.